The molecule has 2 rings (SSSR count). The molecule has 0 unspecified atom stereocenters. The second-order valence-corrected chi connectivity index (χ2v) is 4.18. The minimum Gasteiger partial charge on any atom is -0.395 e. The molecule has 1 heterocycles. The lowest BCUT2D eigenvalue weighted by Crippen LogP contribution is -2.28. The summed E-state index contributed by atoms with van der Waals surface area (Å²) >= 11 is 4.99. The standard InChI is InChI=1S/C12H8ClNO8/c13-20-10(17)6-4-8-7(11(18)21-22-12(8)19)3-5(6)9(16)14-1-2-15/h3-4,15H,1-2H2,(H,14,16). The van der Waals surface area contributed by atoms with Gasteiger partial charge in [-0.1, -0.05) is 0 Å². The number of carbonyl (C=O) groups excluding carboxylic acids is 2. The zero-order chi connectivity index (χ0) is 16.3. The second kappa shape index (κ2) is 6.41. The molecule has 1 amide bonds. The van der Waals surface area contributed by atoms with Crippen LogP contribution in [-0.2, 0) is 4.29 Å². The number of nitrogens with one attached hydrogen (secondary N) is 1. The normalized spacial score (nSPS) is 10.5. The highest BCUT2D eigenvalue weighted by atomic mass is 35.5. The topological polar surface area (TPSA) is 136 Å². The van der Waals surface area contributed by atoms with E-state index in [9.17, 15) is 19.2 Å². The lowest BCUT2D eigenvalue weighted by Gasteiger charge is -2.08. The molecule has 0 saturated heterocycles. The van der Waals surface area contributed by atoms with Crippen molar-refractivity contribution in [3.05, 3.63) is 44.1 Å². The predicted molar refractivity (Wildman–Crippen MR) is 71.7 cm³/mol. The van der Waals surface area contributed by atoms with Crippen LogP contribution >= 0.6 is 11.9 Å². The highest BCUT2D eigenvalue weighted by Gasteiger charge is 2.22. The first-order valence-electron chi connectivity index (χ1n) is 5.82. The quantitative estimate of drug-likeness (QED) is 0.734. The Kier molecular flexibility index (Phi) is 4.59. The van der Waals surface area contributed by atoms with Crippen molar-refractivity contribution in [2.75, 3.05) is 13.2 Å². The van der Waals surface area contributed by atoms with Gasteiger partial charge in [0.1, 0.15) is 11.9 Å². The van der Waals surface area contributed by atoms with Crippen molar-refractivity contribution in [3.8, 4) is 0 Å². The van der Waals surface area contributed by atoms with Crippen LogP contribution in [0.4, 0.5) is 0 Å². The fourth-order valence-corrected chi connectivity index (χ4v) is 1.85. The summed E-state index contributed by atoms with van der Waals surface area (Å²) in [7, 11) is 0. The number of hydrogen-bond donors (Lipinski definition) is 2. The van der Waals surface area contributed by atoms with Gasteiger partial charge >= 0.3 is 17.2 Å². The first kappa shape index (κ1) is 15.7. The van der Waals surface area contributed by atoms with E-state index in [1.807, 2.05) is 0 Å². The van der Waals surface area contributed by atoms with Crippen LogP contribution < -0.4 is 16.6 Å². The van der Waals surface area contributed by atoms with Crippen LogP contribution in [0.5, 0.6) is 0 Å². The van der Waals surface area contributed by atoms with Crippen molar-refractivity contribution >= 4 is 34.5 Å². The van der Waals surface area contributed by atoms with E-state index in [2.05, 4.69) is 18.8 Å². The number of fused-ring (bicyclic) bond motifs is 1. The van der Waals surface area contributed by atoms with Crippen LogP contribution in [0.25, 0.3) is 10.8 Å². The highest BCUT2D eigenvalue weighted by molar-refractivity contribution is 6.18. The van der Waals surface area contributed by atoms with Gasteiger partial charge in [-0.3, -0.25) is 4.79 Å². The molecule has 116 valence electrons. The Labute approximate surface area is 126 Å². The van der Waals surface area contributed by atoms with Crippen LogP contribution in [0.3, 0.4) is 0 Å². The molecule has 0 saturated carbocycles. The predicted octanol–water partition coefficient (Wildman–Crippen LogP) is -0.221. The van der Waals surface area contributed by atoms with Gasteiger partial charge in [-0.2, -0.15) is 0 Å². The Bertz CT molecular complexity index is 852. The molecule has 0 radical (unpaired) electrons. The summed E-state index contributed by atoms with van der Waals surface area (Å²) in [5, 5.41) is 10.5. The molecular weight excluding hydrogens is 322 g/mol. The molecular formula is C12H8ClNO8. The molecule has 0 fully saturated rings. The van der Waals surface area contributed by atoms with E-state index in [0.29, 0.717) is 0 Å². The van der Waals surface area contributed by atoms with E-state index in [1.54, 1.807) is 0 Å². The summed E-state index contributed by atoms with van der Waals surface area (Å²) in [5.74, 6) is -1.88. The van der Waals surface area contributed by atoms with E-state index in [-0.39, 0.29) is 35.1 Å². The smallest absolute Gasteiger partial charge is 0.387 e. The number of amides is 1. The Balaban J connectivity index is 2.74. The molecule has 0 aliphatic heterocycles. The number of halogens is 1. The molecule has 2 aromatic rings. The summed E-state index contributed by atoms with van der Waals surface area (Å²) in [4.78, 5) is 46.7. The Hall–Kier alpha value is -2.65. The van der Waals surface area contributed by atoms with E-state index < -0.39 is 23.1 Å². The van der Waals surface area contributed by atoms with Gasteiger partial charge in [-0.25, -0.2) is 23.5 Å². The van der Waals surface area contributed by atoms with Crippen LogP contribution in [0.1, 0.15) is 20.7 Å². The number of benzene rings is 1. The molecule has 1 aromatic carbocycles. The average molecular weight is 330 g/mol. The largest absolute Gasteiger partial charge is 0.395 e. The van der Waals surface area contributed by atoms with Crippen LogP contribution in [0, 0.1) is 0 Å². The van der Waals surface area contributed by atoms with Gasteiger partial charge in [0.05, 0.1) is 28.5 Å². The molecule has 2 N–H and O–H groups in total. The van der Waals surface area contributed by atoms with Crippen molar-refractivity contribution < 1.29 is 28.1 Å². The van der Waals surface area contributed by atoms with Gasteiger partial charge in [0.25, 0.3) is 5.91 Å². The molecule has 9 nitrogen and oxygen atoms in total. The summed E-state index contributed by atoms with van der Waals surface area (Å²) < 4.78 is 12.3. The van der Waals surface area contributed by atoms with Crippen molar-refractivity contribution in [2.45, 2.75) is 0 Å². The van der Waals surface area contributed by atoms with Crippen molar-refractivity contribution in [3.63, 3.8) is 0 Å². The second-order valence-electron chi connectivity index (χ2n) is 4.03. The Morgan fingerprint density at radius 2 is 1.68 bits per heavy atom. The third-order valence-electron chi connectivity index (χ3n) is 2.72. The molecule has 1 aromatic heterocycles. The highest BCUT2D eigenvalue weighted by Crippen LogP contribution is 2.17. The van der Waals surface area contributed by atoms with Gasteiger partial charge in [0.2, 0.25) is 0 Å². The summed E-state index contributed by atoms with van der Waals surface area (Å²) in [6.45, 7) is -0.419. The van der Waals surface area contributed by atoms with E-state index in [4.69, 9.17) is 17.0 Å². The molecule has 0 spiro atoms. The van der Waals surface area contributed by atoms with Crippen molar-refractivity contribution in [2.24, 2.45) is 0 Å². The fraction of sp³-hybridized carbons (Fsp3) is 0.167. The van der Waals surface area contributed by atoms with Crippen molar-refractivity contribution in [1.82, 2.24) is 5.32 Å². The van der Waals surface area contributed by atoms with E-state index in [0.717, 1.165) is 12.1 Å². The molecule has 10 heteroatoms. The Morgan fingerprint density at radius 1 is 1.14 bits per heavy atom. The zero-order valence-corrected chi connectivity index (χ0v) is 11.5. The lowest BCUT2D eigenvalue weighted by atomic mass is 10.0. The Morgan fingerprint density at radius 3 is 2.18 bits per heavy atom. The molecule has 0 aliphatic carbocycles. The minimum absolute atomic E-state index is 0.0855. The monoisotopic (exact) mass is 329 g/mol. The summed E-state index contributed by atoms with van der Waals surface area (Å²) in [6.07, 6.45) is 0. The minimum atomic E-state index is -1.11. The maximum absolute atomic E-state index is 12.0. The first-order chi connectivity index (χ1) is 10.5. The number of rotatable bonds is 4. The van der Waals surface area contributed by atoms with Gasteiger partial charge in [0, 0.05) is 6.54 Å². The number of hydrogen-bond acceptors (Lipinski definition) is 8. The molecule has 0 atom stereocenters. The number of aliphatic hydroxyl groups is 1. The zero-order valence-electron chi connectivity index (χ0n) is 10.8. The molecule has 0 aliphatic rings. The van der Waals surface area contributed by atoms with Crippen LogP contribution in [0.15, 0.2) is 30.9 Å². The van der Waals surface area contributed by atoms with Gasteiger partial charge < -0.3 is 14.7 Å². The first-order valence-corrected chi connectivity index (χ1v) is 6.13. The lowest BCUT2D eigenvalue weighted by molar-refractivity contribution is 0.0217. The van der Waals surface area contributed by atoms with Gasteiger partial charge in [-0.15, -0.1) is 0 Å². The number of aliphatic hydroxyl groups excluding tert-OH is 1. The van der Waals surface area contributed by atoms with E-state index in [1.165, 1.54) is 0 Å². The fourth-order valence-electron chi connectivity index (χ4n) is 1.77. The van der Waals surface area contributed by atoms with Gasteiger partial charge in [-0.05, 0) is 12.1 Å². The molecule has 22 heavy (non-hydrogen) atoms. The maximum atomic E-state index is 12.0. The van der Waals surface area contributed by atoms with Gasteiger partial charge in [0.15, 0.2) is 0 Å². The SMILES string of the molecule is O=C(NCCO)c1cc2c(=O)ooc(=O)c2cc1C(=O)OCl. The van der Waals surface area contributed by atoms with Crippen LogP contribution in [-0.4, -0.2) is 30.1 Å². The van der Waals surface area contributed by atoms with Crippen molar-refractivity contribution in [1.29, 1.82) is 0 Å². The summed E-state index contributed by atoms with van der Waals surface area (Å²) in [6, 6.07) is 1.92. The summed E-state index contributed by atoms with van der Waals surface area (Å²) in [5.41, 5.74) is -2.64. The third-order valence-corrected chi connectivity index (χ3v) is 2.86. The van der Waals surface area contributed by atoms with E-state index >= 15 is 0 Å². The van der Waals surface area contributed by atoms with Crippen LogP contribution in [0.2, 0.25) is 0 Å². The third kappa shape index (κ3) is 2.85. The molecule has 0 bridgehead atoms. The average Bonchev–Trinajstić information content (AvgIpc) is 2.54. The number of carbonyl (C=O) groups is 2. The maximum Gasteiger partial charge on any atom is 0.387 e.